The van der Waals surface area contributed by atoms with E-state index in [9.17, 15) is 13.2 Å². The molecule has 1 N–H and O–H groups in total. The van der Waals surface area contributed by atoms with Crippen molar-refractivity contribution in [2.75, 3.05) is 38.1 Å². The van der Waals surface area contributed by atoms with Gasteiger partial charge in [0.1, 0.15) is 5.56 Å². The number of hydrogen-bond acceptors (Lipinski definition) is 6. The van der Waals surface area contributed by atoms with Crippen molar-refractivity contribution in [1.29, 1.82) is 0 Å². The molecule has 0 amide bonds. The summed E-state index contributed by atoms with van der Waals surface area (Å²) in [7, 11) is 1.79. The highest BCUT2D eigenvalue weighted by molar-refractivity contribution is 5.83. The lowest BCUT2D eigenvalue weighted by Crippen LogP contribution is -2.32. The molecule has 36 heavy (non-hydrogen) atoms. The zero-order chi connectivity index (χ0) is 26.7. The van der Waals surface area contributed by atoms with Crippen LogP contribution in [-0.4, -0.2) is 63.7 Å². The third kappa shape index (κ3) is 4.80. The molecule has 3 aromatic rings. The van der Waals surface area contributed by atoms with Gasteiger partial charge >= 0.3 is 6.18 Å². The molecule has 1 saturated carbocycles. The van der Waals surface area contributed by atoms with Gasteiger partial charge in [-0.15, -0.1) is 10.2 Å². The second kappa shape index (κ2) is 9.30. The number of nitrogens with one attached hydrogen (secondary N) is 1. The summed E-state index contributed by atoms with van der Waals surface area (Å²) in [6.45, 7) is 1.05. The molecule has 2 aliphatic heterocycles. The summed E-state index contributed by atoms with van der Waals surface area (Å²) in [5.74, 6) is 0.194. The fraction of sp³-hybridized carbons (Fsp3) is 0.577. The first-order chi connectivity index (χ1) is 18.1. The first-order valence-electron chi connectivity index (χ1n) is 13.6. The van der Waals surface area contributed by atoms with Crippen molar-refractivity contribution in [2.24, 2.45) is 24.8 Å². The third-order valence-corrected chi connectivity index (χ3v) is 7.69. The van der Waals surface area contributed by atoms with Crippen LogP contribution in [0.4, 0.5) is 19.0 Å². The SMILES string of the molecule is [2H]C([2H])(C1CCOCC1)N1CC2CC(Nc3nnc(-c4ccc5nn(C)cc5c4)cc3C(F)(F)F)CC2C1. The molecular formula is C26H31F3N6O. The van der Waals surface area contributed by atoms with E-state index in [4.69, 9.17) is 7.48 Å². The summed E-state index contributed by atoms with van der Waals surface area (Å²) < 4.78 is 66.8. The number of anilines is 1. The van der Waals surface area contributed by atoms with Crippen LogP contribution in [0.5, 0.6) is 0 Å². The lowest BCUT2D eigenvalue weighted by atomic mass is 10.00. The Hall–Kier alpha value is -2.72. The van der Waals surface area contributed by atoms with Gasteiger partial charge in [0, 0.05) is 65.8 Å². The normalized spacial score (nSPS) is 26.7. The van der Waals surface area contributed by atoms with Crippen LogP contribution in [0.2, 0.25) is 0 Å². The molecule has 0 radical (unpaired) electrons. The van der Waals surface area contributed by atoms with Crippen molar-refractivity contribution in [3.8, 4) is 11.3 Å². The molecule has 10 heteroatoms. The molecule has 2 unspecified atom stereocenters. The number of nitrogens with zero attached hydrogens (tertiary/aromatic N) is 5. The van der Waals surface area contributed by atoms with Gasteiger partial charge in [-0.2, -0.15) is 18.3 Å². The van der Waals surface area contributed by atoms with Crippen molar-refractivity contribution in [3.63, 3.8) is 0 Å². The molecule has 4 heterocycles. The Bertz CT molecular complexity index is 1310. The van der Waals surface area contributed by atoms with E-state index in [0.29, 0.717) is 57.6 Å². The van der Waals surface area contributed by atoms with Gasteiger partial charge in [0.25, 0.3) is 0 Å². The molecular weight excluding hydrogens is 469 g/mol. The van der Waals surface area contributed by atoms with E-state index < -0.39 is 18.2 Å². The molecule has 0 spiro atoms. The first kappa shape index (κ1) is 21.4. The molecule has 3 aliphatic rings. The molecule has 1 aliphatic carbocycles. The van der Waals surface area contributed by atoms with Gasteiger partial charge in [-0.1, -0.05) is 6.07 Å². The van der Waals surface area contributed by atoms with Crippen LogP contribution in [0.1, 0.15) is 34.0 Å². The number of aromatic nitrogens is 4. The van der Waals surface area contributed by atoms with E-state index in [-0.39, 0.29) is 35.3 Å². The minimum Gasteiger partial charge on any atom is -0.381 e. The van der Waals surface area contributed by atoms with Crippen LogP contribution < -0.4 is 5.32 Å². The van der Waals surface area contributed by atoms with Gasteiger partial charge in [-0.3, -0.25) is 4.68 Å². The van der Waals surface area contributed by atoms with Gasteiger partial charge in [-0.25, -0.2) is 0 Å². The summed E-state index contributed by atoms with van der Waals surface area (Å²) >= 11 is 0. The predicted octanol–water partition coefficient (Wildman–Crippen LogP) is 4.60. The van der Waals surface area contributed by atoms with Gasteiger partial charge in [0.15, 0.2) is 5.82 Å². The van der Waals surface area contributed by atoms with E-state index in [2.05, 4.69) is 20.6 Å². The fourth-order valence-corrected chi connectivity index (χ4v) is 5.97. The Morgan fingerprint density at radius 1 is 1.11 bits per heavy atom. The standard InChI is InChI=1S/C26H31F3N6O/c1-34-13-20-8-17(2-3-23(20)33-34)24-11-22(26(27,28)29)25(32-31-24)30-21-9-18-14-35(15-19(18)10-21)12-16-4-6-36-7-5-16/h2-3,8,11,13,16,18-19,21H,4-7,9-10,12,14-15H2,1H3,(H,30,32)/i12D2. The Kier molecular flexibility index (Phi) is 5.52. The quantitative estimate of drug-likeness (QED) is 0.550. The zero-order valence-corrected chi connectivity index (χ0v) is 20.1. The minimum atomic E-state index is -4.59. The molecule has 6 rings (SSSR count). The lowest BCUT2D eigenvalue weighted by Gasteiger charge is -2.28. The van der Waals surface area contributed by atoms with E-state index in [1.54, 1.807) is 36.1 Å². The number of rotatable bonds is 5. The Balaban J connectivity index is 1.16. The van der Waals surface area contributed by atoms with Crippen LogP contribution in [0.15, 0.2) is 30.5 Å². The molecule has 2 aromatic heterocycles. The number of alkyl halides is 3. The molecule has 1 aromatic carbocycles. The summed E-state index contributed by atoms with van der Waals surface area (Å²) in [5.41, 5.74) is 0.625. The van der Waals surface area contributed by atoms with Gasteiger partial charge in [0.05, 0.1) is 11.2 Å². The largest absolute Gasteiger partial charge is 0.420 e. The average Bonchev–Trinajstić information content (AvgIpc) is 3.56. The van der Waals surface area contributed by atoms with E-state index in [1.807, 2.05) is 4.90 Å². The van der Waals surface area contributed by atoms with Crippen molar-refractivity contribution < 1.29 is 20.6 Å². The highest BCUT2D eigenvalue weighted by Gasteiger charge is 2.43. The number of aryl methyl sites for hydroxylation is 1. The lowest BCUT2D eigenvalue weighted by molar-refractivity contribution is -0.137. The highest BCUT2D eigenvalue weighted by Crippen LogP contribution is 2.42. The predicted molar refractivity (Wildman–Crippen MR) is 130 cm³/mol. The van der Waals surface area contributed by atoms with Crippen LogP contribution in [0, 0.1) is 17.8 Å². The number of halogens is 3. The maximum absolute atomic E-state index is 14.1. The molecule has 7 nitrogen and oxygen atoms in total. The van der Waals surface area contributed by atoms with Gasteiger partial charge < -0.3 is 15.0 Å². The number of hydrogen-bond donors (Lipinski definition) is 1. The molecule has 192 valence electrons. The number of benzene rings is 1. The summed E-state index contributed by atoms with van der Waals surface area (Å²) in [4.78, 5) is 1.95. The molecule has 3 fully saturated rings. The molecule has 0 bridgehead atoms. The maximum Gasteiger partial charge on any atom is 0.420 e. The van der Waals surface area contributed by atoms with Crippen LogP contribution in [-0.2, 0) is 18.0 Å². The number of likely N-dealkylation sites (tertiary alicyclic amines) is 1. The molecule has 2 atom stereocenters. The minimum absolute atomic E-state index is 0.0500. The highest BCUT2D eigenvalue weighted by atomic mass is 19.4. The fourth-order valence-electron chi connectivity index (χ4n) is 5.97. The zero-order valence-electron chi connectivity index (χ0n) is 22.1. The average molecular weight is 503 g/mol. The second-order valence-electron chi connectivity index (χ2n) is 10.3. The number of ether oxygens (including phenoxy) is 1. The molecule has 2 saturated heterocycles. The van der Waals surface area contributed by atoms with E-state index in [0.717, 1.165) is 17.0 Å². The summed E-state index contributed by atoms with van der Waals surface area (Å²) in [6.07, 6.45) is 0.0192. The van der Waals surface area contributed by atoms with E-state index >= 15 is 0 Å². The van der Waals surface area contributed by atoms with Crippen molar-refractivity contribution in [3.05, 3.63) is 36.0 Å². The maximum atomic E-state index is 14.1. The van der Waals surface area contributed by atoms with Gasteiger partial charge in [-0.05, 0) is 61.6 Å². The summed E-state index contributed by atoms with van der Waals surface area (Å²) in [5, 5.41) is 16.3. The van der Waals surface area contributed by atoms with Crippen molar-refractivity contribution in [1.82, 2.24) is 24.9 Å². The van der Waals surface area contributed by atoms with E-state index in [1.165, 1.54) is 0 Å². The Morgan fingerprint density at radius 2 is 1.86 bits per heavy atom. The van der Waals surface area contributed by atoms with Gasteiger partial charge in [0.2, 0.25) is 0 Å². The Labute approximate surface area is 210 Å². The topological polar surface area (TPSA) is 68.1 Å². The monoisotopic (exact) mass is 502 g/mol. The first-order valence-corrected chi connectivity index (χ1v) is 12.6. The van der Waals surface area contributed by atoms with Crippen LogP contribution >= 0.6 is 0 Å². The number of fused-ring (bicyclic) bond motifs is 2. The second-order valence-corrected chi connectivity index (χ2v) is 10.3. The Morgan fingerprint density at radius 3 is 2.58 bits per heavy atom. The van der Waals surface area contributed by atoms with Crippen LogP contribution in [0.25, 0.3) is 22.2 Å². The van der Waals surface area contributed by atoms with Crippen molar-refractivity contribution >= 4 is 16.7 Å². The van der Waals surface area contributed by atoms with Crippen LogP contribution in [0.3, 0.4) is 0 Å². The smallest absolute Gasteiger partial charge is 0.381 e. The van der Waals surface area contributed by atoms with Crippen molar-refractivity contribution in [2.45, 2.75) is 37.9 Å². The summed E-state index contributed by atoms with van der Waals surface area (Å²) in [6, 6.07) is 6.13. The third-order valence-electron chi connectivity index (χ3n) is 7.69.